The molecule has 1 unspecified atom stereocenters. The van der Waals surface area contributed by atoms with Gasteiger partial charge in [-0.3, -0.25) is 0 Å². The van der Waals surface area contributed by atoms with Gasteiger partial charge in [0.25, 0.3) is 0 Å². The molecular weight excluding hydrogens is 277 g/mol. The molecule has 0 bridgehead atoms. The van der Waals surface area contributed by atoms with E-state index >= 15 is 0 Å². The highest BCUT2D eigenvalue weighted by Gasteiger charge is 2.23. The zero-order valence-electron chi connectivity index (χ0n) is 11.6. The molecule has 2 heterocycles. The molecule has 1 fully saturated rings. The summed E-state index contributed by atoms with van der Waals surface area (Å²) in [6, 6.07) is 4.74. The average Bonchev–Trinajstić information content (AvgIpc) is 3.04. The molecule has 1 aliphatic rings. The Kier molecular flexibility index (Phi) is 3.94. The van der Waals surface area contributed by atoms with E-state index in [2.05, 4.69) is 21.4 Å². The molecule has 2 aromatic rings. The summed E-state index contributed by atoms with van der Waals surface area (Å²) in [7, 11) is 0. The Bertz CT molecular complexity index is 610. The topological polar surface area (TPSA) is 21.1 Å². The van der Waals surface area contributed by atoms with Gasteiger partial charge < -0.3 is 9.47 Å². The number of imidazole rings is 1. The first-order valence-corrected chi connectivity index (χ1v) is 7.67. The molecule has 0 aliphatic carbocycles. The van der Waals surface area contributed by atoms with Crippen LogP contribution in [0.3, 0.4) is 0 Å². The summed E-state index contributed by atoms with van der Waals surface area (Å²) in [6.45, 7) is 6.41. The predicted molar refractivity (Wildman–Crippen MR) is 79.5 cm³/mol. The number of likely N-dealkylation sites (tertiary alicyclic amines) is 1. The van der Waals surface area contributed by atoms with Crippen LogP contribution in [0.25, 0.3) is 11.0 Å². The van der Waals surface area contributed by atoms with Gasteiger partial charge in [0.15, 0.2) is 0 Å². The van der Waals surface area contributed by atoms with Crippen molar-refractivity contribution >= 4 is 22.6 Å². The van der Waals surface area contributed by atoms with Crippen molar-refractivity contribution in [2.75, 3.05) is 19.6 Å². The number of fused-ring (bicyclic) bond motifs is 1. The van der Waals surface area contributed by atoms with Gasteiger partial charge in [0.1, 0.15) is 11.6 Å². The molecule has 1 aromatic heterocycles. The minimum absolute atomic E-state index is 0.221. The molecule has 20 heavy (non-hydrogen) atoms. The molecule has 1 atom stereocenters. The van der Waals surface area contributed by atoms with Crippen molar-refractivity contribution in [2.45, 2.75) is 25.8 Å². The normalized spacial score (nSPS) is 20.1. The lowest BCUT2D eigenvalue weighted by Gasteiger charge is -2.15. The number of alkyl halides is 1. The summed E-state index contributed by atoms with van der Waals surface area (Å²) in [5, 5.41) is 0. The van der Waals surface area contributed by atoms with Crippen molar-refractivity contribution in [3.05, 3.63) is 29.8 Å². The maximum Gasteiger partial charge on any atom is 0.125 e. The number of aromatic nitrogens is 2. The molecule has 1 aliphatic heterocycles. The average molecular weight is 296 g/mol. The SMILES string of the molecule is CCN1CCC(Cn2c(CCl)nc3ccc(F)cc32)C1. The maximum atomic E-state index is 13.5. The lowest BCUT2D eigenvalue weighted by Crippen LogP contribution is -2.21. The quantitative estimate of drug-likeness (QED) is 0.807. The second-order valence-electron chi connectivity index (χ2n) is 5.45. The van der Waals surface area contributed by atoms with Crippen LogP contribution in [0.4, 0.5) is 4.39 Å². The fourth-order valence-electron chi connectivity index (χ4n) is 3.06. The summed E-state index contributed by atoms with van der Waals surface area (Å²) in [4.78, 5) is 6.95. The van der Waals surface area contributed by atoms with Gasteiger partial charge in [-0.2, -0.15) is 0 Å². The molecule has 108 valence electrons. The summed E-state index contributed by atoms with van der Waals surface area (Å²) in [6.07, 6.45) is 1.19. The first-order chi connectivity index (χ1) is 9.71. The standard InChI is InChI=1S/C15H19ClFN3/c1-2-19-6-5-11(9-19)10-20-14-7-12(17)3-4-13(14)18-15(20)8-16/h3-4,7,11H,2,5-6,8-10H2,1H3. The zero-order valence-corrected chi connectivity index (χ0v) is 12.4. The lowest BCUT2D eigenvalue weighted by molar-refractivity contribution is 0.333. The number of nitrogens with zero attached hydrogens (tertiary/aromatic N) is 3. The molecule has 0 amide bonds. The molecule has 1 saturated heterocycles. The number of benzene rings is 1. The van der Waals surface area contributed by atoms with E-state index in [1.807, 2.05) is 0 Å². The lowest BCUT2D eigenvalue weighted by atomic mass is 10.1. The van der Waals surface area contributed by atoms with Crippen molar-refractivity contribution in [1.82, 2.24) is 14.5 Å². The van der Waals surface area contributed by atoms with Crippen molar-refractivity contribution in [1.29, 1.82) is 0 Å². The Labute approximate surface area is 123 Å². The van der Waals surface area contributed by atoms with Crippen LogP contribution >= 0.6 is 11.6 Å². The molecule has 1 aromatic carbocycles. The third-order valence-electron chi connectivity index (χ3n) is 4.17. The van der Waals surface area contributed by atoms with Gasteiger partial charge in [-0.15, -0.1) is 11.6 Å². The minimum Gasteiger partial charge on any atom is -0.327 e. The molecule has 3 rings (SSSR count). The fourth-order valence-corrected chi connectivity index (χ4v) is 3.26. The highest BCUT2D eigenvalue weighted by molar-refractivity contribution is 6.16. The highest BCUT2D eigenvalue weighted by atomic mass is 35.5. The molecule has 5 heteroatoms. The van der Waals surface area contributed by atoms with Gasteiger partial charge in [0.05, 0.1) is 16.9 Å². The van der Waals surface area contributed by atoms with Gasteiger partial charge in [0.2, 0.25) is 0 Å². The molecule has 3 nitrogen and oxygen atoms in total. The second kappa shape index (κ2) is 5.70. The third-order valence-corrected chi connectivity index (χ3v) is 4.41. The van der Waals surface area contributed by atoms with E-state index in [1.54, 1.807) is 12.1 Å². The predicted octanol–water partition coefficient (Wildman–Crippen LogP) is 3.26. The molecule has 0 N–H and O–H groups in total. The summed E-state index contributed by atoms with van der Waals surface area (Å²) in [5.41, 5.74) is 1.68. The first-order valence-electron chi connectivity index (χ1n) is 7.14. The van der Waals surface area contributed by atoms with Gasteiger partial charge in [-0.05, 0) is 43.6 Å². The fraction of sp³-hybridized carbons (Fsp3) is 0.533. The van der Waals surface area contributed by atoms with Gasteiger partial charge in [0, 0.05) is 13.1 Å². The van der Waals surface area contributed by atoms with Crippen LogP contribution in [0.15, 0.2) is 18.2 Å². The van der Waals surface area contributed by atoms with E-state index in [0.29, 0.717) is 11.8 Å². The number of halogens is 2. The monoisotopic (exact) mass is 295 g/mol. The molecular formula is C15H19ClFN3. The Morgan fingerprint density at radius 3 is 3.00 bits per heavy atom. The Morgan fingerprint density at radius 2 is 2.30 bits per heavy atom. The number of hydrogen-bond acceptors (Lipinski definition) is 2. The van der Waals surface area contributed by atoms with E-state index < -0.39 is 0 Å². The minimum atomic E-state index is -0.221. The van der Waals surface area contributed by atoms with Crippen molar-refractivity contribution in [3.8, 4) is 0 Å². The summed E-state index contributed by atoms with van der Waals surface area (Å²) < 4.78 is 15.6. The van der Waals surface area contributed by atoms with Crippen LogP contribution in [-0.2, 0) is 12.4 Å². The van der Waals surface area contributed by atoms with Crippen molar-refractivity contribution < 1.29 is 4.39 Å². The van der Waals surface area contributed by atoms with Crippen LogP contribution in [0.5, 0.6) is 0 Å². The maximum absolute atomic E-state index is 13.5. The highest BCUT2D eigenvalue weighted by Crippen LogP contribution is 2.24. The van der Waals surface area contributed by atoms with Crippen LogP contribution in [-0.4, -0.2) is 34.1 Å². The van der Waals surface area contributed by atoms with Gasteiger partial charge in [-0.1, -0.05) is 6.92 Å². The Balaban J connectivity index is 1.91. The molecule has 0 saturated carbocycles. The Morgan fingerprint density at radius 1 is 1.45 bits per heavy atom. The van der Waals surface area contributed by atoms with Crippen LogP contribution in [0, 0.1) is 11.7 Å². The number of rotatable bonds is 4. The van der Waals surface area contributed by atoms with Crippen LogP contribution < -0.4 is 0 Å². The second-order valence-corrected chi connectivity index (χ2v) is 5.72. The molecule has 0 radical (unpaired) electrons. The summed E-state index contributed by atoms with van der Waals surface area (Å²) in [5.74, 6) is 1.57. The number of hydrogen-bond donors (Lipinski definition) is 0. The van der Waals surface area contributed by atoms with Crippen molar-refractivity contribution in [2.24, 2.45) is 5.92 Å². The smallest absolute Gasteiger partial charge is 0.125 e. The van der Waals surface area contributed by atoms with Gasteiger partial charge in [-0.25, -0.2) is 9.37 Å². The van der Waals surface area contributed by atoms with E-state index in [1.165, 1.54) is 12.5 Å². The van der Waals surface area contributed by atoms with Crippen LogP contribution in [0.2, 0.25) is 0 Å². The van der Waals surface area contributed by atoms with Crippen LogP contribution in [0.1, 0.15) is 19.2 Å². The Hall–Kier alpha value is -1.13. The van der Waals surface area contributed by atoms with Gasteiger partial charge >= 0.3 is 0 Å². The summed E-state index contributed by atoms with van der Waals surface area (Å²) >= 11 is 6.00. The zero-order chi connectivity index (χ0) is 14.1. The van der Waals surface area contributed by atoms with E-state index in [-0.39, 0.29) is 5.82 Å². The van der Waals surface area contributed by atoms with E-state index in [0.717, 1.165) is 43.0 Å². The van der Waals surface area contributed by atoms with E-state index in [4.69, 9.17) is 11.6 Å². The first kappa shape index (κ1) is 13.8. The largest absolute Gasteiger partial charge is 0.327 e. The molecule has 0 spiro atoms. The van der Waals surface area contributed by atoms with E-state index in [9.17, 15) is 4.39 Å². The van der Waals surface area contributed by atoms with Crippen molar-refractivity contribution in [3.63, 3.8) is 0 Å². The third kappa shape index (κ3) is 2.54.